The SMILES string of the molecule is CC(N)c1ccc2cc(C(=O)Nc3ccc(N)cc3)n(Cc3cccc4ccccc34)c2c1. The zero-order valence-corrected chi connectivity index (χ0v) is 18.5. The first-order valence-electron chi connectivity index (χ1n) is 11.0. The molecule has 1 unspecified atom stereocenters. The van der Waals surface area contributed by atoms with Gasteiger partial charge in [-0.2, -0.15) is 0 Å². The lowest BCUT2D eigenvalue weighted by molar-refractivity contribution is 0.101. The maximum Gasteiger partial charge on any atom is 0.272 e. The molecule has 5 rings (SSSR count). The number of anilines is 2. The number of nitrogens with zero attached hydrogens (tertiary/aromatic N) is 1. The largest absolute Gasteiger partial charge is 0.399 e. The summed E-state index contributed by atoms with van der Waals surface area (Å²) >= 11 is 0. The van der Waals surface area contributed by atoms with Gasteiger partial charge in [-0.05, 0) is 65.2 Å². The topological polar surface area (TPSA) is 86.1 Å². The third-order valence-electron chi connectivity index (χ3n) is 6.06. The summed E-state index contributed by atoms with van der Waals surface area (Å²) in [6.45, 7) is 2.53. The van der Waals surface area contributed by atoms with Gasteiger partial charge in [0.1, 0.15) is 5.69 Å². The minimum atomic E-state index is -0.168. The molecule has 1 heterocycles. The molecule has 33 heavy (non-hydrogen) atoms. The molecular formula is C28H26N4O. The first-order chi connectivity index (χ1) is 16.0. The van der Waals surface area contributed by atoms with Crippen LogP contribution in [0.5, 0.6) is 0 Å². The smallest absolute Gasteiger partial charge is 0.272 e. The van der Waals surface area contributed by atoms with Crippen molar-refractivity contribution in [2.45, 2.75) is 19.5 Å². The Bertz CT molecular complexity index is 1460. The summed E-state index contributed by atoms with van der Waals surface area (Å²) in [6.07, 6.45) is 0. The number of aromatic nitrogens is 1. The van der Waals surface area contributed by atoms with Crippen LogP contribution in [0.1, 0.15) is 34.6 Å². The number of benzene rings is 4. The van der Waals surface area contributed by atoms with Crippen molar-refractivity contribution < 1.29 is 4.79 Å². The Hall–Kier alpha value is -4.09. The van der Waals surface area contributed by atoms with Crippen LogP contribution in [0, 0.1) is 0 Å². The van der Waals surface area contributed by atoms with E-state index in [1.165, 1.54) is 10.8 Å². The van der Waals surface area contributed by atoms with Crippen LogP contribution in [0.4, 0.5) is 11.4 Å². The Morgan fingerprint density at radius 2 is 1.67 bits per heavy atom. The number of fused-ring (bicyclic) bond motifs is 2. The molecule has 0 bridgehead atoms. The van der Waals surface area contributed by atoms with Crippen molar-refractivity contribution in [3.05, 3.63) is 108 Å². The van der Waals surface area contributed by atoms with Gasteiger partial charge < -0.3 is 21.4 Å². The van der Waals surface area contributed by atoms with Crippen LogP contribution in [0.2, 0.25) is 0 Å². The molecule has 5 N–H and O–H groups in total. The van der Waals surface area contributed by atoms with Gasteiger partial charge in [-0.15, -0.1) is 0 Å². The highest BCUT2D eigenvalue weighted by molar-refractivity contribution is 6.06. The van der Waals surface area contributed by atoms with E-state index >= 15 is 0 Å². The predicted molar refractivity (Wildman–Crippen MR) is 136 cm³/mol. The Morgan fingerprint density at radius 1 is 0.909 bits per heavy atom. The maximum atomic E-state index is 13.4. The van der Waals surface area contributed by atoms with Gasteiger partial charge >= 0.3 is 0 Å². The summed E-state index contributed by atoms with van der Waals surface area (Å²) in [6, 6.07) is 29.7. The van der Waals surface area contributed by atoms with E-state index in [-0.39, 0.29) is 11.9 Å². The first kappa shape index (κ1) is 20.8. The standard InChI is InChI=1S/C28H26N4O/c1-18(29)20-9-10-21-16-27(28(33)31-24-13-11-23(30)12-14-24)32(26(21)15-20)17-22-7-4-6-19-5-2-3-8-25(19)22/h2-16,18H,17,29-30H2,1H3,(H,31,33). The highest BCUT2D eigenvalue weighted by Gasteiger charge is 2.18. The highest BCUT2D eigenvalue weighted by Crippen LogP contribution is 2.27. The molecule has 0 fully saturated rings. The Morgan fingerprint density at radius 3 is 2.45 bits per heavy atom. The minimum Gasteiger partial charge on any atom is -0.399 e. The molecule has 1 amide bonds. The monoisotopic (exact) mass is 434 g/mol. The van der Waals surface area contributed by atoms with Crippen LogP contribution in [0.25, 0.3) is 21.7 Å². The molecule has 5 nitrogen and oxygen atoms in total. The molecule has 0 aliphatic carbocycles. The number of nitrogen functional groups attached to an aromatic ring is 1. The molecule has 0 saturated heterocycles. The summed E-state index contributed by atoms with van der Waals surface area (Å²) < 4.78 is 2.08. The Kier molecular flexibility index (Phi) is 5.32. The molecule has 0 saturated carbocycles. The summed E-state index contributed by atoms with van der Waals surface area (Å²) in [5.41, 5.74) is 17.1. The van der Waals surface area contributed by atoms with E-state index in [0.717, 1.165) is 22.0 Å². The first-order valence-corrected chi connectivity index (χ1v) is 11.0. The van der Waals surface area contributed by atoms with Gasteiger partial charge in [0.2, 0.25) is 0 Å². The second-order valence-corrected chi connectivity index (χ2v) is 8.44. The van der Waals surface area contributed by atoms with Crippen molar-refractivity contribution in [3.63, 3.8) is 0 Å². The van der Waals surface area contributed by atoms with E-state index in [1.807, 2.05) is 37.3 Å². The van der Waals surface area contributed by atoms with Crippen LogP contribution >= 0.6 is 0 Å². The number of hydrogen-bond donors (Lipinski definition) is 3. The lowest BCUT2D eigenvalue weighted by Gasteiger charge is -2.14. The molecule has 0 radical (unpaired) electrons. The second kappa shape index (κ2) is 8.45. The van der Waals surface area contributed by atoms with Gasteiger partial charge in [-0.25, -0.2) is 0 Å². The number of nitrogens with one attached hydrogen (secondary N) is 1. The molecule has 5 heteroatoms. The van der Waals surface area contributed by atoms with E-state index in [4.69, 9.17) is 11.5 Å². The molecule has 5 aromatic rings. The van der Waals surface area contributed by atoms with E-state index in [2.05, 4.69) is 46.3 Å². The zero-order valence-electron chi connectivity index (χ0n) is 18.5. The van der Waals surface area contributed by atoms with Gasteiger partial charge in [0, 0.05) is 34.9 Å². The van der Waals surface area contributed by atoms with Crippen LogP contribution in [-0.4, -0.2) is 10.5 Å². The van der Waals surface area contributed by atoms with E-state index in [1.54, 1.807) is 24.3 Å². The van der Waals surface area contributed by atoms with Gasteiger partial charge in [0.05, 0.1) is 0 Å². The van der Waals surface area contributed by atoms with Crippen molar-refractivity contribution in [3.8, 4) is 0 Å². The summed E-state index contributed by atoms with van der Waals surface area (Å²) in [5.74, 6) is -0.168. The van der Waals surface area contributed by atoms with Gasteiger partial charge in [-0.1, -0.05) is 54.6 Å². The van der Waals surface area contributed by atoms with Gasteiger partial charge in [0.15, 0.2) is 0 Å². The molecule has 1 aromatic heterocycles. The average Bonchev–Trinajstić information content (AvgIpc) is 3.18. The van der Waals surface area contributed by atoms with E-state index in [0.29, 0.717) is 23.6 Å². The summed E-state index contributed by atoms with van der Waals surface area (Å²) in [4.78, 5) is 13.4. The van der Waals surface area contributed by atoms with Gasteiger partial charge in [0.25, 0.3) is 5.91 Å². The Balaban J connectivity index is 1.63. The van der Waals surface area contributed by atoms with Crippen molar-refractivity contribution >= 4 is 39.0 Å². The fourth-order valence-electron chi connectivity index (χ4n) is 4.28. The molecular weight excluding hydrogens is 408 g/mol. The number of carbonyl (C=O) groups excluding carboxylic acids is 1. The zero-order chi connectivity index (χ0) is 22.9. The number of hydrogen-bond acceptors (Lipinski definition) is 3. The van der Waals surface area contributed by atoms with Crippen molar-refractivity contribution in [2.24, 2.45) is 5.73 Å². The minimum absolute atomic E-state index is 0.0950. The number of rotatable bonds is 5. The number of nitrogens with two attached hydrogens (primary N) is 2. The van der Waals surface area contributed by atoms with Crippen LogP contribution in [0.15, 0.2) is 91.0 Å². The normalized spacial score (nSPS) is 12.2. The molecule has 0 aliphatic heterocycles. The highest BCUT2D eigenvalue weighted by atomic mass is 16.1. The van der Waals surface area contributed by atoms with E-state index in [9.17, 15) is 4.79 Å². The molecule has 164 valence electrons. The molecule has 0 aliphatic rings. The van der Waals surface area contributed by atoms with Crippen molar-refractivity contribution in [2.75, 3.05) is 11.1 Å². The number of amides is 1. The second-order valence-electron chi connectivity index (χ2n) is 8.44. The van der Waals surface area contributed by atoms with Crippen molar-refractivity contribution in [1.82, 2.24) is 4.57 Å². The fraction of sp³-hybridized carbons (Fsp3) is 0.107. The molecule has 1 atom stereocenters. The molecule has 0 spiro atoms. The Labute approximate surface area is 192 Å². The quantitative estimate of drug-likeness (QED) is 0.310. The fourth-order valence-corrected chi connectivity index (χ4v) is 4.28. The summed E-state index contributed by atoms with van der Waals surface area (Å²) in [7, 11) is 0. The predicted octanol–water partition coefficient (Wildman–Crippen LogP) is 5.70. The number of carbonyl (C=O) groups is 1. The van der Waals surface area contributed by atoms with Crippen LogP contribution in [-0.2, 0) is 6.54 Å². The third kappa shape index (κ3) is 4.06. The van der Waals surface area contributed by atoms with Gasteiger partial charge in [-0.3, -0.25) is 4.79 Å². The average molecular weight is 435 g/mol. The lowest BCUT2D eigenvalue weighted by atomic mass is 10.0. The van der Waals surface area contributed by atoms with E-state index < -0.39 is 0 Å². The van der Waals surface area contributed by atoms with Crippen LogP contribution < -0.4 is 16.8 Å². The maximum absolute atomic E-state index is 13.4. The third-order valence-corrected chi connectivity index (χ3v) is 6.06. The molecule has 4 aromatic carbocycles. The lowest BCUT2D eigenvalue weighted by Crippen LogP contribution is -2.17. The van der Waals surface area contributed by atoms with Crippen LogP contribution in [0.3, 0.4) is 0 Å². The summed E-state index contributed by atoms with van der Waals surface area (Å²) in [5, 5.41) is 6.36. The van der Waals surface area contributed by atoms with Crippen molar-refractivity contribution in [1.29, 1.82) is 0 Å².